The van der Waals surface area contributed by atoms with E-state index in [1.165, 1.54) is 12.1 Å². The molecule has 4 heterocycles. The van der Waals surface area contributed by atoms with Gasteiger partial charge in [0.05, 0.1) is 53.5 Å². The zero-order chi connectivity index (χ0) is 31.6. The molecular formula is C35H32FN5O5. The molecule has 7 rings (SSSR count). The molecule has 2 aromatic heterocycles. The minimum absolute atomic E-state index is 0.00593. The van der Waals surface area contributed by atoms with Gasteiger partial charge in [-0.2, -0.15) is 5.26 Å². The highest BCUT2D eigenvalue weighted by Gasteiger charge is 2.33. The summed E-state index contributed by atoms with van der Waals surface area (Å²) in [6.45, 7) is 3.89. The van der Waals surface area contributed by atoms with Crippen molar-refractivity contribution in [2.24, 2.45) is 5.92 Å². The summed E-state index contributed by atoms with van der Waals surface area (Å²) < 4.78 is 34.0. The Morgan fingerprint density at radius 3 is 2.65 bits per heavy atom. The second kappa shape index (κ2) is 12.8. The summed E-state index contributed by atoms with van der Waals surface area (Å²) in [5.41, 5.74) is 3.61. The van der Waals surface area contributed by atoms with E-state index in [1.807, 2.05) is 36.4 Å². The number of hydrogen-bond acceptors (Lipinski definition) is 8. The quantitative estimate of drug-likeness (QED) is 0.238. The lowest BCUT2D eigenvalue weighted by molar-refractivity contribution is -0.140. The number of pyridine rings is 1. The van der Waals surface area contributed by atoms with Crippen molar-refractivity contribution in [3.8, 4) is 29.5 Å². The minimum atomic E-state index is -0.887. The molecule has 46 heavy (non-hydrogen) atoms. The van der Waals surface area contributed by atoms with Gasteiger partial charge in [0.2, 0.25) is 5.88 Å². The van der Waals surface area contributed by atoms with Gasteiger partial charge in [-0.3, -0.25) is 9.69 Å². The van der Waals surface area contributed by atoms with Crippen LogP contribution in [0.5, 0.6) is 11.6 Å². The molecule has 0 amide bonds. The Morgan fingerprint density at radius 1 is 1.11 bits per heavy atom. The number of hydrogen-bond donors (Lipinski definition) is 1. The minimum Gasteiger partial charge on any atom is -0.484 e. The van der Waals surface area contributed by atoms with Crippen molar-refractivity contribution in [1.29, 1.82) is 5.26 Å². The van der Waals surface area contributed by atoms with Crippen molar-refractivity contribution in [1.82, 2.24) is 19.4 Å². The molecule has 11 heteroatoms. The van der Waals surface area contributed by atoms with E-state index in [4.69, 9.17) is 24.5 Å². The first-order chi connectivity index (χ1) is 22.4. The highest BCUT2D eigenvalue weighted by molar-refractivity contribution is 5.81. The third-order valence-corrected chi connectivity index (χ3v) is 8.79. The monoisotopic (exact) mass is 621 g/mol. The van der Waals surface area contributed by atoms with Crippen LogP contribution in [0.4, 0.5) is 4.39 Å². The van der Waals surface area contributed by atoms with Crippen LogP contribution in [0.2, 0.25) is 0 Å². The molecule has 3 atom stereocenters. The van der Waals surface area contributed by atoms with Gasteiger partial charge in [0, 0.05) is 25.8 Å². The van der Waals surface area contributed by atoms with Crippen LogP contribution >= 0.6 is 0 Å². The van der Waals surface area contributed by atoms with Crippen LogP contribution in [-0.2, 0) is 29.2 Å². The Balaban J connectivity index is 0.977. The van der Waals surface area contributed by atoms with Gasteiger partial charge in [0.1, 0.15) is 24.5 Å². The van der Waals surface area contributed by atoms with Crippen molar-refractivity contribution in [3.05, 3.63) is 83.1 Å². The Bertz CT molecular complexity index is 1880. The number of carbonyl (C=O) groups is 1. The van der Waals surface area contributed by atoms with Crippen LogP contribution in [-0.4, -0.2) is 62.4 Å². The fourth-order valence-corrected chi connectivity index (χ4v) is 6.07. The lowest BCUT2D eigenvalue weighted by Crippen LogP contribution is -2.39. The number of ether oxygens (including phenoxy) is 3. The summed E-state index contributed by atoms with van der Waals surface area (Å²) in [6.07, 6.45) is 2.81. The highest BCUT2D eigenvalue weighted by atomic mass is 19.1. The van der Waals surface area contributed by atoms with Gasteiger partial charge in [-0.25, -0.2) is 14.4 Å². The van der Waals surface area contributed by atoms with Crippen molar-refractivity contribution in [2.75, 3.05) is 19.7 Å². The molecule has 234 valence electrons. The summed E-state index contributed by atoms with van der Waals surface area (Å²) in [4.78, 5) is 23.5. The average Bonchev–Trinajstić information content (AvgIpc) is 3.34. The molecule has 2 aromatic carbocycles. The lowest BCUT2D eigenvalue weighted by atomic mass is 9.80. The molecule has 0 saturated carbocycles. The Kier molecular flexibility index (Phi) is 8.27. The first kappa shape index (κ1) is 29.7. The van der Waals surface area contributed by atoms with Gasteiger partial charge < -0.3 is 23.9 Å². The van der Waals surface area contributed by atoms with Gasteiger partial charge in [0.15, 0.2) is 11.6 Å². The summed E-state index contributed by atoms with van der Waals surface area (Å²) >= 11 is 0. The normalized spacial score (nSPS) is 21.0. The second-order valence-corrected chi connectivity index (χ2v) is 11.9. The van der Waals surface area contributed by atoms with E-state index in [0.717, 1.165) is 67.4 Å². The van der Waals surface area contributed by atoms with Crippen LogP contribution < -0.4 is 9.47 Å². The lowest BCUT2D eigenvalue weighted by Gasteiger charge is -2.32. The maximum atomic E-state index is 14.2. The van der Waals surface area contributed by atoms with Crippen LogP contribution in [0.3, 0.4) is 0 Å². The zero-order valence-electron chi connectivity index (χ0n) is 25.1. The third kappa shape index (κ3) is 6.25. The number of carboxylic acids is 1. The van der Waals surface area contributed by atoms with Gasteiger partial charge in [-0.05, 0) is 61.2 Å². The van der Waals surface area contributed by atoms with Crippen molar-refractivity contribution in [3.63, 3.8) is 0 Å². The van der Waals surface area contributed by atoms with E-state index in [-0.39, 0.29) is 36.0 Å². The van der Waals surface area contributed by atoms with E-state index in [9.17, 15) is 14.3 Å². The summed E-state index contributed by atoms with van der Waals surface area (Å²) in [5, 5.41) is 18.4. The molecule has 1 aliphatic carbocycles. The standard InChI is InChI=1S/C35H32FN5O5/c36-29-16-22(18-37)4-9-32(29)45-21-24-2-1-3-34(38-24)46-25-10-13-40(14-11-25)20-33-39-30-8-5-23(27-6-7-28(27)35(42)43)17-31(30)41(33)19-26-12-15-44-26/h1-5,8-9,16-17,25-28H,10-15,19-21H2,(H,42,43)/t26-,27?,28?/m0/s1. The molecule has 0 radical (unpaired) electrons. The average molecular weight is 622 g/mol. The summed E-state index contributed by atoms with van der Waals surface area (Å²) in [5.74, 6) is 4.86. The van der Waals surface area contributed by atoms with Crippen LogP contribution in [0, 0.1) is 34.9 Å². The molecular weight excluding hydrogens is 589 g/mol. The fourth-order valence-electron chi connectivity index (χ4n) is 6.07. The van der Waals surface area contributed by atoms with Crippen LogP contribution in [0.1, 0.15) is 47.8 Å². The number of aliphatic carboxylic acids is 1. The summed E-state index contributed by atoms with van der Waals surface area (Å²) in [6, 6.07) is 17.4. The largest absolute Gasteiger partial charge is 0.484 e. The van der Waals surface area contributed by atoms with Gasteiger partial charge in [-0.1, -0.05) is 24.0 Å². The number of nitriles is 1. The number of fused-ring (bicyclic) bond motifs is 1. The van der Waals surface area contributed by atoms with E-state index in [1.54, 1.807) is 6.07 Å². The number of aromatic nitrogens is 3. The second-order valence-electron chi connectivity index (χ2n) is 11.9. The predicted molar refractivity (Wildman–Crippen MR) is 164 cm³/mol. The number of piperidine rings is 1. The fraction of sp³-hybridized carbons (Fsp3) is 0.371. The molecule has 0 spiro atoms. The maximum Gasteiger partial charge on any atom is 0.320 e. The molecule has 1 N–H and O–H groups in total. The Labute approximate surface area is 265 Å². The molecule has 4 aromatic rings. The van der Waals surface area contributed by atoms with Gasteiger partial charge in [-0.15, -0.1) is 0 Å². The predicted octanol–water partition coefficient (Wildman–Crippen LogP) is 4.65. The van der Waals surface area contributed by atoms with Crippen molar-refractivity contribution in [2.45, 2.75) is 57.1 Å². The number of nitrogens with zero attached hydrogens (tertiary/aromatic N) is 5. The topological polar surface area (TPSA) is 123 Å². The maximum absolute atomic E-state index is 14.2. The smallest absolute Gasteiger partial charge is 0.320 e. The van der Waals surface area contributed by atoms with E-state index < -0.39 is 17.7 Å². The molecule has 10 nitrogen and oxygen atoms in total. The van der Waals surface area contributed by atoms with E-state index in [2.05, 4.69) is 26.3 Å². The van der Waals surface area contributed by atoms with Crippen molar-refractivity contribution >= 4 is 17.0 Å². The van der Waals surface area contributed by atoms with Gasteiger partial charge >= 0.3 is 5.97 Å². The molecule has 2 saturated heterocycles. The number of imidazole rings is 1. The molecule has 2 aliphatic heterocycles. The Hall–Kier alpha value is -4.97. The van der Waals surface area contributed by atoms with Gasteiger partial charge in [0.25, 0.3) is 0 Å². The number of carboxylic acid groups (broad SMARTS) is 1. The number of likely N-dealkylation sites (tertiary alicyclic amines) is 1. The molecule has 3 aliphatic rings. The zero-order valence-corrected chi connectivity index (χ0v) is 25.1. The first-order valence-corrected chi connectivity index (χ1v) is 15.5. The van der Waals surface area contributed by atoms with Crippen molar-refractivity contribution < 1.29 is 28.5 Å². The molecule has 0 bridgehead atoms. The molecule has 2 fully saturated rings. The van der Waals surface area contributed by atoms with Crippen LogP contribution in [0.15, 0.2) is 54.6 Å². The Morgan fingerprint density at radius 2 is 1.96 bits per heavy atom. The third-order valence-electron chi connectivity index (χ3n) is 8.79. The first-order valence-electron chi connectivity index (χ1n) is 15.5. The highest BCUT2D eigenvalue weighted by Crippen LogP contribution is 2.33. The van der Waals surface area contributed by atoms with E-state index >= 15 is 0 Å². The number of halogens is 1. The van der Waals surface area contributed by atoms with Crippen LogP contribution in [0.25, 0.3) is 11.0 Å². The summed E-state index contributed by atoms with van der Waals surface area (Å²) in [7, 11) is 0. The number of benzene rings is 2. The van der Waals surface area contributed by atoms with E-state index in [0.29, 0.717) is 24.7 Å². The molecule has 2 unspecified atom stereocenters. The number of rotatable bonds is 11. The SMILES string of the molecule is N#Cc1ccc(OCc2cccc(OC3CCN(Cc4nc5ccc(C6C#CC6C(=O)O)cc5n4C[C@@H]4CCO4)CC3)n2)c(F)c1.